The molecule has 0 N–H and O–H groups in total. The highest BCUT2D eigenvalue weighted by Crippen LogP contribution is 2.38. The summed E-state index contributed by atoms with van der Waals surface area (Å²) in [6, 6.07) is 29.1. The van der Waals surface area contributed by atoms with E-state index in [9.17, 15) is 2.74 Å². The highest BCUT2D eigenvalue weighted by atomic mass is 15.2. The van der Waals surface area contributed by atoms with Gasteiger partial charge < -0.3 is 9.13 Å². The standard InChI is InChI=1S/C51H32N6/c1-2-16-34(17-3-1)55-42-24-10-4-22-39(42)40-31-30-33(32-48(40)55)49-52-50(54-51(53-49)57-45-27-13-7-20-37(45)38-21-8-14-28-46(38)57)41-23-9-15-29-47(41)56-43-25-11-5-18-35(43)36-19-6-12-26-44(36)56/h1-32H/i1D,2D,3D,5D,6D,11D,12D,16D,17D,18D,19D,25D,26D. The molecule has 4 aromatic heterocycles. The van der Waals surface area contributed by atoms with Crippen molar-refractivity contribution in [3.63, 3.8) is 0 Å². The summed E-state index contributed by atoms with van der Waals surface area (Å²) in [6.45, 7) is 0. The summed E-state index contributed by atoms with van der Waals surface area (Å²) < 4.78 is 120. The fraction of sp³-hybridized carbons (Fsp3) is 0. The Kier molecular flexibility index (Phi) is 4.62. The number of hydrogen-bond acceptors (Lipinski definition) is 3. The van der Waals surface area contributed by atoms with E-state index < -0.39 is 66.5 Å². The summed E-state index contributed by atoms with van der Waals surface area (Å²) in [5, 5.41) is 3.21. The molecule has 12 aromatic rings. The second-order valence-electron chi connectivity index (χ2n) is 13.5. The summed E-state index contributed by atoms with van der Waals surface area (Å²) in [5.74, 6) is 0.465. The minimum Gasteiger partial charge on any atom is -0.309 e. The molecule has 0 amide bonds. The van der Waals surface area contributed by atoms with Crippen molar-refractivity contribution in [3.8, 4) is 40.1 Å². The number of nitrogens with zero attached hydrogens (tertiary/aromatic N) is 6. The normalized spacial score (nSPS) is 15.1. The average molecular weight is 742 g/mol. The van der Waals surface area contributed by atoms with Gasteiger partial charge in [0.05, 0.1) is 56.6 Å². The predicted molar refractivity (Wildman–Crippen MR) is 234 cm³/mol. The van der Waals surface area contributed by atoms with Crippen molar-refractivity contribution in [2.24, 2.45) is 0 Å². The van der Waals surface area contributed by atoms with Crippen LogP contribution in [-0.2, 0) is 0 Å². The van der Waals surface area contributed by atoms with Crippen LogP contribution in [0, 0.1) is 0 Å². The molecule has 266 valence electrons. The lowest BCUT2D eigenvalue weighted by atomic mass is 10.1. The van der Waals surface area contributed by atoms with Gasteiger partial charge in [0.25, 0.3) is 0 Å². The first kappa shape index (κ1) is 21.3. The van der Waals surface area contributed by atoms with E-state index in [2.05, 4.69) is 0 Å². The lowest BCUT2D eigenvalue weighted by Crippen LogP contribution is -2.08. The Labute approximate surface area is 345 Å². The number of aromatic nitrogens is 6. The average Bonchev–Trinajstić information content (AvgIpc) is 4.04. The van der Waals surface area contributed by atoms with Crippen molar-refractivity contribution in [2.45, 2.75) is 0 Å². The van der Waals surface area contributed by atoms with Gasteiger partial charge in [0, 0.05) is 49.1 Å². The number of benzene rings is 8. The zero-order chi connectivity index (χ0) is 48.8. The molecular weight excluding hydrogens is 697 g/mol. The molecule has 0 bridgehead atoms. The first-order chi connectivity index (χ1) is 33.7. The van der Waals surface area contributed by atoms with Crippen LogP contribution in [0.1, 0.15) is 17.8 Å². The Bertz CT molecular complexity index is 4150. The Morgan fingerprint density at radius 1 is 0.368 bits per heavy atom. The first-order valence-electron chi connectivity index (χ1n) is 24.7. The molecule has 0 fully saturated rings. The van der Waals surface area contributed by atoms with E-state index in [1.54, 1.807) is 34.9 Å². The van der Waals surface area contributed by atoms with Crippen LogP contribution in [0.2, 0.25) is 0 Å². The van der Waals surface area contributed by atoms with Gasteiger partial charge in [-0.05, 0) is 60.6 Å². The summed E-state index contributed by atoms with van der Waals surface area (Å²) in [5.41, 5.74) is 3.54. The number of hydrogen-bond donors (Lipinski definition) is 0. The number of fused-ring (bicyclic) bond motifs is 9. The quantitative estimate of drug-likeness (QED) is 0.176. The molecule has 6 heteroatoms. The second kappa shape index (κ2) is 12.3. The summed E-state index contributed by atoms with van der Waals surface area (Å²) in [6.07, 6.45) is 0. The summed E-state index contributed by atoms with van der Waals surface area (Å²) in [4.78, 5) is 15.5. The van der Waals surface area contributed by atoms with E-state index in [0.717, 1.165) is 32.6 Å². The maximum absolute atomic E-state index is 9.22. The lowest BCUT2D eigenvalue weighted by Gasteiger charge is -2.15. The molecule has 0 radical (unpaired) electrons. The van der Waals surface area contributed by atoms with Gasteiger partial charge in [0.2, 0.25) is 5.95 Å². The fourth-order valence-corrected chi connectivity index (χ4v) is 8.08. The molecule has 0 spiro atoms. The fourth-order valence-electron chi connectivity index (χ4n) is 8.08. The molecule has 0 saturated heterocycles. The topological polar surface area (TPSA) is 53.5 Å². The van der Waals surface area contributed by atoms with Crippen LogP contribution < -0.4 is 0 Å². The van der Waals surface area contributed by atoms with Gasteiger partial charge in [-0.1, -0.05) is 133 Å². The largest absolute Gasteiger partial charge is 0.309 e. The minimum absolute atomic E-state index is 0.0345. The van der Waals surface area contributed by atoms with Crippen LogP contribution in [0.3, 0.4) is 0 Å². The van der Waals surface area contributed by atoms with E-state index in [4.69, 9.17) is 30.0 Å². The minimum atomic E-state index is -0.558. The van der Waals surface area contributed by atoms with E-state index in [0.29, 0.717) is 22.2 Å². The molecule has 4 heterocycles. The van der Waals surface area contributed by atoms with E-state index in [1.807, 2.05) is 89.5 Å². The van der Waals surface area contributed by atoms with Crippen molar-refractivity contribution in [1.29, 1.82) is 0 Å². The van der Waals surface area contributed by atoms with Crippen molar-refractivity contribution in [2.75, 3.05) is 0 Å². The Balaban J connectivity index is 1.20. The molecular formula is C51H32N6. The zero-order valence-electron chi connectivity index (χ0n) is 42.7. The maximum atomic E-state index is 9.22. The van der Waals surface area contributed by atoms with E-state index in [1.165, 1.54) is 4.57 Å². The number of para-hydroxylation sites is 7. The molecule has 0 saturated carbocycles. The smallest absolute Gasteiger partial charge is 0.238 e. The lowest BCUT2D eigenvalue weighted by molar-refractivity contribution is 0.952. The molecule has 0 aliphatic rings. The zero-order valence-corrected chi connectivity index (χ0v) is 29.7. The van der Waals surface area contributed by atoms with Gasteiger partial charge in [-0.25, -0.2) is 4.98 Å². The third-order valence-corrected chi connectivity index (χ3v) is 10.5. The van der Waals surface area contributed by atoms with Crippen LogP contribution in [0.25, 0.3) is 106 Å². The van der Waals surface area contributed by atoms with Crippen molar-refractivity contribution >= 4 is 65.4 Å². The highest BCUT2D eigenvalue weighted by Gasteiger charge is 2.22. The molecule has 0 atom stereocenters. The van der Waals surface area contributed by atoms with Gasteiger partial charge >= 0.3 is 0 Å². The van der Waals surface area contributed by atoms with Crippen molar-refractivity contribution in [1.82, 2.24) is 28.7 Å². The van der Waals surface area contributed by atoms with E-state index >= 15 is 0 Å². The van der Waals surface area contributed by atoms with Crippen molar-refractivity contribution < 1.29 is 17.8 Å². The molecule has 0 aliphatic carbocycles. The van der Waals surface area contributed by atoms with Crippen LogP contribution in [0.4, 0.5) is 0 Å². The maximum Gasteiger partial charge on any atom is 0.238 e. The van der Waals surface area contributed by atoms with Crippen LogP contribution in [-0.4, -0.2) is 28.7 Å². The van der Waals surface area contributed by atoms with Gasteiger partial charge in [0.1, 0.15) is 0 Å². The Morgan fingerprint density at radius 3 is 1.56 bits per heavy atom. The first-order valence-corrected chi connectivity index (χ1v) is 18.2. The van der Waals surface area contributed by atoms with Gasteiger partial charge in [-0.15, -0.1) is 0 Å². The molecule has 12 rings (SSSR count). The molecule has 6 nitrogen and oxygen atoms in total. The summed E-state index contributed by atoms with van der Waals surface area (Å²) >= 11 is 0. The van der Waals surface area contributed by atoms with Gasteiger partial charge in [-0.3, -0.25) is 4.57 Å². The Hall–Kier alpha value is -7.83. The predicted octanol–water partition coefficient (Wildman–Crippen LogP) is 12.5. The number of rotatable bonds is 5. The second-order valence-corrected chi connectivity index (χ2v) is 13.5. The van der Waals surface area contributed by atoms with Crippen LogP contribution in [0.15, 0.2) is 194 Å². The summed E-state index contributed by atoms with van der Waals surface area (Å²) in [7, 11) is 0. The Morgan fingerprint density at radius 2 is 0.895 bits per heavy atom. The van der Waals surface area contributed by atoms with Crippen molar-refractivity contribution in [3.05, 3.63) is 194 Å². The van der Waals surface area contributed by atoms with Gasteiger partial charge in [0.15, 0.2) is 11.6 Å². The highest BCUT2D eigenvalue weighted by molar-refractivity contribution is 6.12. The van der Waals surface area contributed by atoms with Crippen LogP contribution in [0.5, 0.6) is 0 Å². The monoisotopic (exact) mass is 741 g/mol. The SMILES string of the molecule is [2H]c1c([2H])c([2H])c(-n2c3ccccc3c3ccc(-c4nc(-c5ccccc5-n5c6c([2H])c([2H])c([2H])c([2H])c6c6c([2H])c([2H])c([2H])c([2H])c65)nc(-n5c6ccccc6c6ccccc65)n4)cc32)c([2H])c1[2H]. The van der Waals surface area contributed by atoms with Crippen LogP contribution >= 0.6 is 0 Å². The van der Waals surface area contributed by atoms with Gasteiger partial charge in [-0.2, -0.15) is 9.97 Å². The molecule has 8 aromatic carbocycles. The third-order valence-electron chi connectivity index (χ3n) is 10.5. The molecule has 57 heavy (non-hydrogen) atoms. The molecule has 0 unspecified atom stereocenters. The van der Waals surface area contributed by atoms with E-state index in [-0.39, 0.29) is 62.9 Å². The third kappa shape index (κ3) is 4.74. The molecule has 0 aliphatic heterocycles.